The summed E-state index contributed by atoms with van der Waals surface area (Å²) in [5.41, 5.74) is 2.70. The van der Waals surface area contributed by atoms with E-state index in [-0.39, 0.29) is 0 Å². The number of hydrogen-bond acceptors (Lipinski definition) is 2. The second kappa shape index (κ2) is 5.49. The third-order valence-corrected chi connectivity index (χ3v) is 6.14. The minimum atomic E-state index is -3.58. The first-order valence-corrected chi connectivity index (χ1v) is 9.28. The first-order valence-electron chi connectivity index (χ1n) is 7.84. The molecule has 0 N–H and O–H groups in total. The molecule has 0 spiro atoms. The Morgan fingerprint density at radius 3 is 2.29 bits per heavy atom. The van der Waals surface area contributed by atoms with Crippen LogP contribution in [0.25, 0.3) is 16.8 Å². The Balaban J connectivity index is 1.88. The van der Waals surface area contributed by atoms with Crippen molar-refractivity contribution in [2.75, 3.05) is 10.8 Å². The molecule has 120 valence electrons. The number of aryl methyl sites for hydroxylation is 1. The van der Waals surface area contributed by atoms with Crippen LogP contribution in [0.3, 0.4) is 0 Å². The molecule has 0 radical (unpaired) electrons. The van der Waals surface area contributed by atoms with Crippen molar-refractivity contribution in [3.05, 3.63) is 77.9 Å². The fraction of sp³-hybridized carbons (Fsp3) is 0.100. The smallest absolute Gasteiger partial charge is 0.262 e. The first kappa shape index (κ1) is 15.0. The lowest BCUT2D eigenvalue weighted by Crippen LogP contribution is -2.33. The third kappa shape index (κ3) is 2.39. The van der Waals surface area contributed by atoms with Crippen LogP contribution in [0.1, 0.15) is 11.1 Å². The van der Waals surface area contributed by atoms with Gasteiger partial charge in [-0.1, -0.05) is 54.1 Å². The highest BCUT2D eigenvalue weighted by molar-refractivity contribution is 7.92. The second-order valence-corrected chi connectivity index (χ2v) is 7.87. The Labute approximate surface area is 141 Å². The normalized spacial score (nSPS) is 14.0. The molecule has 4 rings (SSSR count). The molecule has 0 aromatic heterocycles. The molecule has 0 amide bonds. The van der Waals surface area contributed by atoms with Gasteiger partial charge in [0.15, 0.2) is 0 Å². The standard InChI is InChI=1S/C20H17NO2S/c1-15-8-10-19(11-9-15)24(22,23)21-12-4-7-18-13-16-5-2-3-6-17(16)14-20(18)21/h2-11,13-14H,12H2,1H3. The topological polar surface area (TPSA) is 37.4 Å². The van der Waals surface area contributed by atoms with Crippen LogP contribution >= 0.6 is 0 Å². The summed E-state index contributed by atoms with van der Waals surface area (Å²) in [5, 5.41) is 2.14. The van der Waals surface area contributed by atoms with E-state index in [4.69, 9.17) is 0 Å². The van der Waals surface area contributed by atoms with Crippen molar-refractivity contribution >= 4 is 32.6 Å². The van der Waals surface area contributed by atoms with Gasteiger partial charge in [0.05, 0.1) is 17.1 Å². The first-order chi connectivity index (χ1) is 11.6. The van der Waals surface area contributed by atoms with Gasteiger partial charge in [0.2, 0.25) is 0 Å². The molecule has 1 heterocycles. The van der Waals surface area contributed by atoms with E-state index in [9.17, 15) is 8.42 Å². The van der Waals surface area contributed by atoms with Crippen molar-refractivity contribution in [3.8, 4) is 0 Å². The van der Waals surface area contributed by atoms with Crippen LogP contribution < -0.4 is 4.31 Å². The molecule has 3 aromatic carbocycles. The maximum Gasteiger partial charge on any atom is 0.264 e. The van der Waals surface area contributed by atoms with Crippen LogP contribution in [-0.2, 0) is 10.0 Å². The molecular weight excluding hydrogens is 318 g/mol. The molecule has 3 nitrogen and oxygen atoms in total. The lowest BCUT2D eigenvalue weighted by atomic mass is 10.0. The van der Waals surface area contributed by atoms with Gasteiger partial charge in [0.25, 0.3) is 10.0 Å². The lowest BCUT2D eigenvalue weighted by molar-refractivity contribution is 0.592. The third-order valence-electron chi connectivity index (χ3n) is 4.34. The zero-order valence-electron chi connectivity index (χ0n) is 13.3. The molecule has 0 unspecified atom stereocenters. The molecule has 0 fully saturated rings. The van der Waals surface area contributed by atoms with Crippen molar-refractivity contribution in [2.24, 2.45) is 0 Å². The summed E-state index contributed by atoms with van der Waals surface area (Å²) in [6, 6.07) is 19.0. The fourth-order valence-electron chi connectivity index (χ4n) is 3.03. The summed E-state index contributed by atoms with van der Waals surface area (Å²) in [6.07, 6.45) is 3.88. The van der Waals surface area contributed by atoms with E-state index >= 15 is 0 Å². The Morgan fingerprint density at radius 2 is 1.58 bits per heavy atom. The number of hydrogen-bond donors (Lipinski definition) is 0. The highest BCUT2D eigenvalue weighted by Crippen LogP contribution is 2.34. The molecule has 1 aliphatic rings. The molecule has 1 aliphatic heterocycles. The van der Waals surface area contributed by atoms with Gasteiger partial charge in [-0.15, -0.1) is 0 Å². The average Bonchev–Trinajstić information content (AvgIpc) is 2.59. The van der Waals surface area contributed by atoms with Crippen molar-refractivity contribution in [3.63, 3.8) is 0 Å². The largest absolute Gasteiger partial charge is 0.264 e. The van der Waals surface area contributed by atoms with E-state index < -0.39 is 10.0 Å². The van der Waals surface area contributed by atoms with Crippen molar-refractivity contribution in [1.29, 1.82) is 0 Å². The fourth-order valence-corrected chi connectivity index (χ4v) is 4.47. The number of benzene rings is 3. The van der Waals surface area contributed by atoms with Crippen LogP contribution in [0.5, 0.6) is 0 Å². The van der Waals surface area contributed by atoms with Gasteiger partial charge in [0.1, 0.15) is 0 Å². The van der Waals surface area contributed by atoms with Crippen molar-refractivity contribution < 1.29 is 8.42 Å². The van der Waals surface area contributed by atoms with Crippen molar-refractivity contribution in [1.82, 2.24) is 0 Å². The maximum absolute atomic E-state index is 13.1. The molecule has 3 aromatic rings. The predicted octanol–water partition coefficient (Wildman–Crippen LogP) is 4.37. The van der Waals surface area contributed by atoms with Crippen LogP contribution in [0, 0.1) is 6.92 Å². The molecule has 0 bridgehead atoms. The number of nitrogens with zero attached hydrogens (tertiary/aromatic N) is 1. The van der Waals surface area contributed by atoms with Gasteiger partial charge >= 0.3 is 0 Å². The van der Waals surface area contributed by atoms with E-state index in [0.717, 1.165) is 27.6 Å². The predicted molar refractivity (Wildman–Crippen MR) is 98.7 cm³/mol. The van der Waals surface area contributed by atoms with Gasteiger partial charge in [-0.25, -0.2) is 8.42 Å². The summed E-state index contributed by atoms with van der Waals surface area (Å²) < 4.78 is 27.7. The minimum absolute atomic E-state index is 0.322. The van der Waals surface area contributed by atoms with Gasteiger partial charge in [-0.05, 0) is 47.5 Å². The molecular formula is C20H17NO2S. The van der Waals surface area contributed by atoms with E-state index in [1.54, 1.807) is 12.1 Å². The van der Waals surface area contributed by atoms with E-state index in [0.29, 0.717) is 11.4 Å². The Kier molecular flexibility index (Phi) is 3.43. The zero-order chi connectivity index (χ0) is 16.7. The summed E-state index contributed by atoms with van der Waals surface area (Å²) in [7, 11) is -3.58. The lowest BCUT2D eigenvalue weighted by Gasteiger charge is -2.28. The summed E-state index contributed by atoms with van der Waals surface area (Å²) >= 11 is 0. The zero-order valence-corrected chi connectivity index (χ0v) is 14.1. The number of rotatable bonds is 2. The van der Waals surface area contributed by atoms with E-state index in [1.807, 2.05) is 67.6 Å². The molecule has 0 saturated carbocycles. The molecule has 0 saturated heterocycles. The number of fused-ring (bicyclic) bond motifs is 2. The summed E-state index contributed by atoms with van der Waals surface area (Å²) in [5.74, 6) is 0. The highest BCUT2D eigenvalue weighted by atomic mass is 32.2. The van der Waals surface area contributed by atoms with Crippen LogP contribution in [-0.4, -0.2) is 15.0 Å². The highest BCUT2D eigenvalue weighted by Gasteiger charge is 2.27. The Hall–Kier alpha value is -2.59. The van der Waals surface area contributed by atoms with Crippen molar-refractivity contribution in [2.45, 2.75) is 11.8 Å². The number of anilines is 1. The van der Waals surface area contributed by atoms with Gasteiger partial charge in [0, 0.05) is 0 Å². The summed E-state index contributed by atoms with van der Waals surface area (Å²) in [4.78, 5) is 0.322. The SMILES string of the molecule is Cc1ccc(S(=O)(=O)N2CC=Cc3cc4ccccc4cc32)cc1. The monoisotopic (exact) mass is 335 g/mol. The Morgan fingerprint density at radius 1 is 0.917 bits per heavy atom. The summed E-state index contributed by atoms with van der Waals surface area (Å²) in [6.45, 7) is 2.29. The molecule has 4 heteroatoms. The van der Waals surface area contributed by atoms with Crippen LogP contribution in [0.15, 0.2) is 71.6 Å². The molecule has 24 heavy (non-hydrogen) atoms. The second-order valence-electron chi connectivity index (χ2n) is 6.01. The van der Waals surface area contributed by atoms with Gasteiger partial charge in [-0.2, -0.15) is 0 Å². The average molecular weight is 335 g/mol. The molecule has 0 aliphatic carbocycles. The number of sulfonamides is 1. The quantitative estimate of drug-likeness (QED) is 0.697. The van der Waals surface area contributed by atoms with Crippen LogP contribution in [0.4, 0.5) is 5.69 Å². The maximum atomic E-state index is 13.1. The minimum Gasteiger partial charge on any atom is -0.262 e. The molecule has 0 atom stereocenters. The van der Waals surface area contributed by atoms with Gasteiger partial charge < -0.3 is 0 Å². The Bertz CT molecular complexity index is 1050. The van der Waals surface area contributed by atoms with E-state index in [2.05, 4.69) is 0 Å². The van der Waals surface area contributed by atoms with Crippen LogP contribution in [0.2, 0.25) is 0 Å². The van der Waals surface area contributed by atoms with E-state index in [1.165, 1.54) is 4.31 Å². The van der Waals surface area contributed by atoms with Gasteiger partial charge in [-0.3, -0.25) is 4.31 Å².